The van der Waals surface area contributed by atoms with Crippen LogP contribution >= 0.6 is 11.6 Å². The fraction of sp³-hybridized carbons (Fsp3) is 0.105. The van der Waals surface area contributed by atoms with Crippen LogP contribution < -0.4 is 10.6 Å². The molecule has 1 aromatic heterocycles. The molecule has 6 nitrogen and oxygen atoms in total. The van der Waals surface area contributed by atoms with Crippen LogP contribution in [-0.4, -0.2) is 27.6 Å². The average molecular weight is 369 g/mol. The van der Waals surface area contributed by atoms with Gasteiger partial charge in [0.1, 0.15) is 5.82 Å². The summed E-state index contributed by atoms with van der Waals surface area (Å²) in [6.45, 7) is 0.665. The number of hydrogen-bond donors (Lipinski definition) is 3. The van der Waals surface area contributed by atoms with Crippen molar-refractivity contribution in [2.45, 2.75) is 6.42 Å². The molecule has 0 saturated heterocycles. The summed E-state index contributed by atoms with van der Waals surface area (Å²) in [5, 5.41) is 16.0. The Labute approximate surface area is 155 Å². The number of anilines is 3. The number of aromatic carboxylic acids is 1. The topological polar surface area (TPSA) is 87.1 Å². The molecule has 2 aromatic carbocycles. The molecule has 0 amide bonds. The van der Waals surface area contributed by atoms with Gasteiger partial charge in [-0.2, -0.15) is 4.98 Å². The third-order valence-corrected chi connectivity index (χ3v) is 3.86. The molecule has 0 fully saturated rings. The van der Waals surface area contributed by atoms with Crippen LogP contribution in [0.3, 0.4) is 0 Å². The van der Waals surface area contributed by atoms with E-state index in [1.165, 1.54) is 6.07 Å². The van der Waals surface area contributed by atoms with Crippen LogP contribution in [0.2, 0.25) is 5.02 Å². The lowest BCUT2D eigenvalue weighted by atomic mass is 10.1. The minimum absolute atomic E-state index is 0.212. The number of hydrogen-bond acceptors (Lipinski definition) is 5. The zero-order chi connectivity index (χ0) is 18.4. The van der Waals surface area contributed by atoms with Gasteiger partial charge in [-0.15, -0.1) is 0 Å². The molecule has 0 spiro atoms. The lowest BCUT2D eigenvalue weighted by Gasteiger charge is -2.09. The molecule has 132 valence electrons. The number of aromatic nitrogens is 2. The molecule has 3 N–H and O–H groups in total. The molecule has 0 bridgehead atoms. The normalized spacial score (nSPS) is 10.3. The highest BCUT2D eigenvalue weighted by Gasteiger charge is 2.05. The van der Waals surface area contributed by atoms with Crippen LogP contribution in [0.4, 0.5) is 17.5 Å². The van der Waals surface area contributed by atoms with E-state index in [2.05, 4.69) is 20.6 Å². The fourth-order valence-electron chi connectivity index (χ4n) is 2.40. The summed E-state index contributed by atoms with van der Waals surface area (Å²) < 4.78 is 0. The van der Waals surface area contributed by atoms with Gasteiger partial charge in [-0.1, -0.05) is 29.8 Å². The van der Waals surface area contributed by atoms with Gasteiger partial charge in [-0.05, 0) is 48.4 Å². The van der Waals surface area contributed by atoms with Crippen molar-refractivity contribution in [1.82, 2.24) is 9.97 Å². The smallest absolute Gasteiger partial charge is 0.335 e. The fourth-order valence-corrected chi connectivity index (χ4v) is 2.62. The number of nitrogens with one attached hydrogen (secondary N) is 2. The SMILES string of the molecule is O=C(O)c1cccc(Nc2ccnc(NCCc3cccc(Cl)c3)n2)c1. The zero-order valence-electron chi connectivity index (χ0n) is 13.8. The zero-order valence-corrected chi connectivity index (χ0v) is 14.6. The third-order valence-electron chi connectivity index (χ3n) is 3.62. The predicted molar refractivity (Wildman–Crippen MR) is 102 cm³/mol. The number of rotatable bonds is 7. The number of halogens is 1. The Morgan fingerprint density at radius 3 is 2.77 bits per heavy atom. The average Bonchev–Trinajstić information content (AvgIpc) is 2.62. The lowest BCUT2D eigenvalue weighted by molar-refractivity contribution is 0.0697. The number of carboxylic acid groups (broad SMARTS) is 1. The second kappa shape index (κ2) is 8.31. The molecule has 0 aliphatic heterocycles. The van der Waals surface area contributed by atoms with Gasteiger partial charge >= 0.3 is 5.97 Å². The van der Waals surface area contributed by atoms with E-state index in [0.717, 1.165) is 12.0 Å². The maximum atomic E-state index is 11.0. The maximum absolute atomic E-state index is 11.0. The van der Waals surface area contributed by atoms with Gasteiger partial charge in [0.05, 0.1) is 5.56 Å². The molecule has 0 aliphatic carbocycles. The minimum Gasteiger partial charge on any atom is -0.478 e. The Kier molecular flexibility index (Phi) is 5.66. The number of carbonyl (C=O) groups is 1. The largest absolute Gasteiger partial charge is 0.478 e. The highest BCUT2D eigenvalue weighted by molar-refractivity contribution is 6.30. The van der Waals surface area contributed by atoms with E-state index in [-0.39, 0.29) is 5.56 Å². The van der Waals surface area contributed by atoms with Gasteiger partial charge in [-0.3, -0.25) is 0 Å². The molecule has 1 heterocycles. The standard InChI is InChI=1S/C19H17ClN4O2/c20-15-5-1-3-13(11-15)7-9-21-19-22-10-8-17(24-19)23-16-6-2-4-14(12-16)18(25)26/h1-6,8,10-12H,7,9H2,(H,25,26)(H2,21,22,23,24). The van der Waals surface area contributed by atoms with Crippen molar-refractivity contribution in [1.29, 1.82) is 0 Å². The van der Waals surface area contributed by atoms with E-state index in [9.17, 15) is 4.79 Å². The summed E-state index contributed by atoms with van der Waals surface area (Å²) in [6, 6.07) is 16.0. The summed E-state index contributed by atoms with van der Waals surface area (Å²) in [4.78, 5) is 19.6. The molecule has 0 atom stereocenters. The maximum Gasteiger partial charge on any atom is 0.335 e. The van der Waals surface area contributed by atoms with Crippen LogP contribution in [-0.2, 0) is 6.42 Å². The van der Waals surface area contributed by atoms with Gasteiger partial charge in [0, 0.05) is 23.5 Å². The second-order valence-corrected chi connectivity index (χ2v) is 6.02. The monoisotopic (exact) mass is 368 g/mol. The Morgan fingerprint density at radius 2 is 1.96 bits per heavy atom. The second-order valence-electron chi connectivity index (χ2n) is 5.58. The Bertz CT molecular complexity index is 917. The third kappa shape index (κ3) is 4.94. The highest BCUT2D eigenvalue weighted by atomic mass is 35.5. The van der Waals surface area contributed by atoms with E-state index in [4.69, 9.17) is 16.7 Å². The molecule has 0 aliphatic rings. The molecular formula is C19H17ClN4O2. The lowest BCUT2D eigenvalue weighted by Crippen LogP contribution is -2.08. The van der Waals surface area contributed by atoms with E-state index in [1.807, 2.05) is 24.3 Å². The van der Waals surface area contributed by atoms with Gasteiger partial charge in [-0.25, -0.2) is 9.78 Å². The first kappa shape index (κ1) is 17.7. The quantitative estimate of drug-likeness (QED) is 0.578. The van der Waals surface area contributed by atoms with E-state index in [1.54, 1.807) is 30.5 Å². The first-order valence-corrected chi connectivity index (χ1v) is 8.40. The van der Waals surface area contributed by atoms with E-state index >= 15 is 0 Å². The molecule has 0 radical (unpaired) electrons. The Hall–Kier alpha value is -3.12. The summed E-state index contributed by atoms with van der Waals surface area (Å²) in [5.41, 5.74) is 1.99. The van der Waals surface area contributed by atoms with Crippen molar-refractivity contribution in [3.8, 4) is 0 Å². The molecule has 3 rings (SSSR count). The van der Waals surface area contributed by atoms with Crippen LogP contribution in [0.15, 0.2) is 60.8 Å². The first-order valence-electron chi connectivity index (χ1n) is 8.02. The van der Waals surface area contributed by atoms with Crippen molar-refractivity contribution >= 4 is 35.0 Å². The number of nitrogens with zero attached hydrogens (tertiary/aromatic N) is 2. The molecule has 3 aromatic rings. The van der Waals surface area contributed by atoms with Crippen molar-refractivity contribution < 1.29 is 9.90 Å². The Morgan fingerprint density at radius 1 is 1.12 bits per heavy atom. The van der Waals surface area contributed by atoms with Crippen molar-refractivity contribution in [2.24, 2.45) is 0 Å². The Balaban J connectivity index is 1.61. The molecule has 26 heavy (non-hydrogen) atoms. The summed E-state index contributed by atoms with van der Waals surface area (Å²) in [7, 11) is 0. The molecule has 0 unspecified atom stereocenters. The van der Waals surface area contributed by atoms with Gasteiger partial charge < -0.3 is 15.7 Å². The van der Waals surface area contributed by atoms with Crippen molar-refractivity contribution in [3.05, 3.63) is 76.9 Å². The minimum atomic E-state index is -0.972. The molecule has 7 heteroatoms. The predicted octanol–water partition coefficient (Wildman–Crippen LogP) is 4.23. The van der Waals surface area contributed by atoms with E-state index in [0.29, 0.717) is 29.0 Å². The van der Waals surface area contributed by atoms with Crippen LogP contribution in [0.25, 0.3) is 0 Å². The first-order chi connectivity index (χ1) is 12.6. The molecular weight excluding hydrogens is 352 g/mol. The van der Waals surface area contributed by atoms with Gasteiger partial charge in [0.25, 0.3) is 0 Å². The highest BCUT2D eigenvalue weighted by Crippen LogP contribution is 2.17. The van der Waals surface area contributed by atoms with Crippen molar-refractivity contribution in [2.75, 3.05) is 17.2 Å². The number of carboxylic acids is 1. The number of benzene rings is 2. The van der Waals surface area contributed by atoms with E-state index < -0.39 is 5.97 Å². The van der Waals surface area contributed by atoms with Crippen molar-refractivity contribution in [3.63, 3.8) is 0 Å². The van der Waals surface area contributed by atoms with Crippen LogP contribution in [0.1, 0.15) is 15.9 Å². The van der Waals surface area contributed by atoms with Crippen LogP contribution in [0.5, 0.6) is 0 Å². The van der Waals surface area contributed by atoms with Gasteiger partial charge in [0.15, 0.2) is 0 Å². The summed E-state index contributed by atoms with van der Waals surface area (Å²) >= 11 is 5.98. The van der Waals surface area contributed by atoms with Gasteiger partial charge in [0.2, 0.25) is 5.95 Å². The molecule has 0 saturated carbocycles. The van der Waals surface area contributed by atoms with Crippen LogP contribution in [0, 0.1) is 0 Å². The summed E-state index contributed by atoms with van der Waals surface area (Å²) in [5.74, 6) is 0.0962. The summed E-state index contributed by atoms with van der Waals surface area (Å²) in [6.07, 6.45) is 2.43.